The highest BCUT2D eigenvalue weighted by molar-refractivity contribution is 9.10. The summed E-state index contributed by atoms with van der Waals surface area (Å²) in [6, 6.07) is 20.4. The molecule has 3 aromatic rings. The Bertz CT molecular complexity index is 1000. The maximum Gasteiger partial charge on any atom is 0.134 e. The van der Waals surface area contributed by atoms with Crippen molar-refractivity contribution in [2.24, 2.45) is 4.99 Å². The van der Waals surface area contributed by atoms with E-state index in [9.17, 15) is 4.39 Å². The van der Waals surface area contributed by atoms with Gasteiger partial charge in [-0.15, -0.1) is 0 Å². The van der Waals surface area contributed by atoms with Gasteiger partial charge in [-0.3, -0.25) is 4.99 Å². The van der Waals surface area contributed by atoms with Crippen LogP contribution in [-0.4, -0.2) is 32.5 Å². The third-order valence-corrected chi connectivity index (χ3v) is 5.47. The molecule has 0 atom stereocenters. The second kappa shape index (κ2) is 9.87. The van der Waals surface area contributed by atoms with Crippen LogP contribution in [0.5, 0.6) is 5.75 Å². The van der Waals surface area contributed by atoms with Crippen LogP contribution >= 0.6 is 15.9 Å². The van der Waals surface area contributed by atoms with Gasteiger partial charge in [-0.2, -0.15) is 0 Å². The molecule has 1 heterocycles. The summed E-state index contributed by atoms with van der Waals surface area (Å²) < 4.78 is 25.1. The van der Waals surface area contributed by atoms with Gasteiger partial charge in [0.1, 0.15) is 18.2 Å². The third kappa shape index (κ3) is 5.46. The molecule has 0 unspecified atom stereocenters. The minimum atomic E-state index is -0.251. The highest BCUT2D eigenvalue weighted by atomic mass is 79.9. The molecule has 1 fully saturated rings. The molecule has 0 amide bonds. The van der Waals surface area contributed by atoms with E-state index in [1.165, 1.54) is 17.8 Å². The van der Waals surface area contributed by atoms with E-state index in [0.717, 1.165) is 53.3 Å². The maximum atomic E-state index is 13.0. The van der Waals surface area contributed by atoms with Crippen molar-refractivity contribution in [1.29, 1.82) is 0 Å². The summed E-state index contributed by atoms with van der Waals surface area (Å²) in [4.78, 5) is 6.89. The van der Waals surface area contributed by atoms with Gasteiger partial charge < -0.3 is 14.4 Å². The monoisotopic (exact) mass is 468 g/mol. The van der Waals surface area contributed by atoms with Gasteiger partial charge in [0.2, 0.25) is 0 Å². The van der Waals surface area contributed by atoms with E-state index in [1.807, 2.05) is 36.5 Å². The first-order valence-electron chi connectivity index (χ1n) is 9.81. The van der Waals surface area contributed by atoms with Crippen LogP contribution in [0.1, 0.15) is 11.1 Å². The number of hydrogen-bond acceptors (Lipinski definition) is 4. The van der Waals surface area contributed by atoms with Gasteiger partial charge >= 0.3 is 0 Å². The van der Waals surface area contributed by atoms with Crippen molar-refractivity contribution < 1.29 is 13.9 Å². The fraction of sp³-hybridized carbons (Fsp3) is 0.208. The summed E-state index contributed by atoms with van der Waals surface area (Å²) in [7, 11) is 0. The summed E-state index contributed by atoms with van der Waals surface area (Å²) in [5, 5.41) is 0. The molecule has 0 N–H and O–H groups in total. The van der Waals surface area contributed by atoms with Crippen molar-refractivity contribution >= 4 is 33.5 Å². The number of rotatable bonds is 6. The summed E-state index contributed by atoms with van der Waals surface area (Å²) >= 11 is 3.55. The van der Waals surface area contributed by atoms with Crippen LogP contribution in [0.25, 0.3) is 0 Å². The predicted octanol–water partition coefficient (Wildman–Crippen LogP) is 5.75. The maximum absolute atomic E-state index is 13.0. The van der Waals surface area contributed by atoms with Gasteiger partial charge in [0, 0.05) is 25.0 Å². The summed E-state index contributed by atoms with van der Waals surface area (Å²) in [6.45, 7) is 3.77. The van der Waals surface area contributed by atoms with Gasteiger partial charge in [-0.25, -0.2) is 4.39 Å². The standard InChI is InChI=1S/C24H22BrFN2O2/c25-23-15-19(3-10-24(23)30-17-18-1-4-20(26)5-2-18)16-27-21-6-8-22(9-7-21)28-11-13-29-14-12-28/h1-10,15-16H,11-14,17H2. The fourth-order valence-corrected chi connectivity index (χ4v) is 3.69. The zero-order valence-corrected chi connectivity index (χ0v) is 18.0. The molecule has 3 aromatic carbocycles. The Labute approximate surface area is 184 Å². The number of anilines is 1. The molecule has 1 aliphatic rings. The quantitative estimate of drug-likeness (QED) is 0.431. The fourth-order valence-electron chi connectivity index (χ4n) is 3.18. The summed E-state index contributed by atoms with van der Waals surface area (Å²) in [6.07, 6.45) is 1.83. The van der Waals surface area contributed by atoms with Crippen LogP contribution in [0, 0.1) is 5.82 Å². The van der Waals surface area contributed by atoms with Crippen LogP contribution in [0.3, 0.4) is 0 Å². The molecule has 154 valence electrons. The van der Waals surface area contributed by atoms with Crippen molar-refractivity contribution in [2.45, 2.75) is 6.61 Å². The SMILES string of the molecule is Fc1ccc(COc2ccc(C=Nc3ccc(N4CCOCC4)cc3)cc2Br)cc1. The van der Waals surface area contributed by atoms with E-state index in [4.69, 9.17) is 9.47 Å². The Hall–Kier alpha value is -2.70. The molecule has 0 bridgehead atoms. The average molecular weight is 469 g/mol. The topological polar surface area (TPSA) is 34.1 Å². The van der Waals surface area contributed by atoms with Crippen LogP contribution in [0.4, 0.5) is 15.8 Å². The van der Waals surface area contributed by atoms with E-state index in [-0.39, 0.29) is 5.82 Å². The van der Waals surface area contributed by atoms with Gasteiger partial charge in [0.05, 0.1) is 23.4 Å². The number of morpholine rings is 1. The first kappa shape index (κ1) is 20.6. The smallest absolute Gasteiger partial charge is 0.134 e. The molecule has 0 saturated carbocycles. The van der Waals surface area contributed by atoms with E-state index in [0.29, 0.717) is 6.61 Å². The Morgan fingerprint density at radius 1 is 1.00 bits per heavy atom. The van der Waals surface area contributed by atoms with Crippen molar-refractivity contribution in [3.05, 3.63) is 88.1 Å². The highest BCUT2D eigenvalue weighted by Crippen LogP contribution is 2.27. The lowest BCUT2D eigenvalue weighted by Crippen LogP contribution is -2.36. The molecule has 0 spiro atoms. The van der Waals surface area contributed by atoms with E-state index >= 15 is 0 Å². The first-order chi connectivity index (χ1) is 14.7. The molecular formula is C24H22BrFN2O2. The van der Waals surface area contributed by atoms with Gasteiger partial charge in [-0.05, 0) is 81.7 Å². The average Bonchev–Trinajstić information content (AvgIpc) is 2.79. The number of hydrogen-bond donors (Lipinski definition) is 0. The zero-order chi connectivity index (χ0) is 20.8. The second-order valence-corrected chi connectivity index (χ2v) is 7.83. The van der Waals surface area contributed by atoms with Crippen molar-refractivity contribution in [2.75, 3.05) is 31.2 Å². The number of ether oxygens (including phenoxy) is 2. The number of halogens is 2. The molecule has 6 heteroatoms. The van der Waals surface area contributed by atoms with Gasteiger partial charge in [-0.1, -0.05) is 12.1 Å². The number of nitrogens with zero attached hydrogens (tertiary/aromatic N) is 2. The molecular weight excluding hydrogens is 447 g/mol. The Morgan fingerprint density at radius 3 is 2.43 bits per heavy atom. The minimum Gasteiger partial charge on any atom is -0.488 e. The summed E-state index contributed by atoms with van der Waals surface area (Å²) in [5.41, 5.74) is 3.98. The molecule has 0 aliphatic carbocycles. The molecule has 4 rings (SSSR count). The Kier molecular flexibility index (Phi) is 6.77. The number of benzene rings is 3. The third-order valence-electron chi connectivity index (χ3n) is 4.85. The van der Waals surface area contributed by atoms with Crippen molar-refractivity contribution in [3.63, 3.8) is 0 Å². The lowest BCUT2D eigenvalue weighted by Gasteiger charge is -2.28. The normalized spacial score (nSPS) is 14.3. The summed E-state index contributed by atoms with van der Waals surface area (Å²) in [5.74, 6) is 0.477. The Morgan fingerprint density at radius 2 is 1.73 bits per heavy atom. The Balaban J connectivity index is 1.36. The molecule has 4 nitrogen and oxygen atoms in total. The largest absolute Gasteiger partial charge is 0.488 e. The van der Waals surface area contributed by atoms with Crippen molar-refractivity contribution in [3.8, 4) is 5.75 Å². The van der Waals surface area contributed by atoms with Crippen LogP contribution in [-0.2, 0) is 11.3 Å². The minimum absolute atomic E-state index is 0.251. The second-order valence-electron chi connectivity index (χ2n) is 6.98. The first-order valence-corrected chi connectivity index (χ1v) is 10.6. The number of aliphatic imine (C=N–C) groups is 1. The van der Waals surface area contributed by atoms with Crippen LogP contribution in [0.15, 0.2) is 76.2 Å². The van der Waals surface area contributed by atoms with E-state index in [1.54, 1.807) is 12.1 Å². The molecule has 0 aromatic heterocycles. The molecule has 1 aliphatic heterocycles. The molecule has 1 saturated heterocycles. The van der Waals surface area contributed by atoms with Crippen LogP contribution < -0.4 is 9.64 Å². The van der Waals surface area contributed by atoms with E-state index < -0.39 is 0 Å². The van der Waals surface area contributed by atoms with E-state index in [2.05, 4.69) is 38.0 Å². The predicted molar refractivity (Wildman–Crippen MR) is 122 cm³/mol. The lowest BCUT2D eigenvalue weighted by atomic mass is 10.2. The van der Waals surface area contributed by atoms with Gasteiger partial charge in [0.15, 0.2) is 0 Å². The van der Waals surface area contributed by atoms with Crippen molar-refractivity contribution in [1.82, 2.24) is 0 Å². The van der Waals surface area contributed by atoms with Gasteiger partial charge in [0.25, 0.3) is 0 Å². The highest BCUT2D eigenvalue weighted by Gasteiger charge is 2.10. The molecule has 0 radical (unpaired) electrons. The van der Waals surface area contributed by atoms with Crippen LogP contribution in [0.2, 0.25) is 0 Å². The zero-order valence-electron chi connectivity index (χ0n) is 16.4. The lowest BCUT2D eigenvalue weighted by molar-refractivity contribution is 0.122. The molecule has 30 heavy (non-hydrogen) atoms.